The summed E-state index contributed by atoms with van der Waals surface area (Å²) in [6, 6.07) is 9.59. The highest BCUT2D eigenvalue weighted by atomic mass is 19.1. The normalized spacial score (nSPS) is 10.3. The van der Waals surface area contributed by atoms with E-state index in [9.17, 15) is 9.18 Å². The van der Waals surface area contributed by atoms with E-state index in [1.807, 2.05) is 0 Å². The third-order valence-corrected chi connectivity index (χ3v) is 3.36. The first-order valence-corrected chi connectivity index (χ1v) is 6.56. The molecule has 0 unspecified atom stereocenters. The second-order valence-corrected chi connectivity index (χ2v) is 4.71. The minimum absolute atomic E-state index is 0.0968. The van der Waals surface area contributed by atoms with Crippen molar-refractivity contribution in [1.29, 1.82) is 0 Å². The maximum Gasteiger partial charge on any atom is 0.171 e. The molecule has 0 saturated heterocycles. The molecule has 21 heavy (non-hydrogen) atoms. The van der Waals surface area contributed by atoms with E-state index in [0.717, 1.165) is 11.1 Å². The van der Waals surface area contributed by atoms with E-state index in [1.165, 1.54) is 26.4 Å². The lowest BCUT2D eigenvalue weighted by Crippen LogP contribution is -2.08. The number of Topliss-reactive ketones (excluding diaryl/α,β-unsaturated/α-hetero) is 1. The van der Waals surface area contributed by atoms with Crippen LogP contribution < -0.4 is 9.47 Å². The molecule has 0 atom stereocenters. The molecule has 0 radical (unpaired) electrons. The Morgan fingerprint density at radius 1 is 1.14 bits per heavy atom. The molecule has 2 rings (SSSR count). The molecule has 110 valence electrons. The number of benzene rings is 2. The third-order valence-electron chi connectivity index (χ3n) is 3.36. The number of ketones is 1. The molecule has 2 aromatic rings. The van der Waals surface area contributed by atoms with Crippen LogP contribution in [0, 0.1) is 12.7 Å². The van der Waals surface area contributed by atoms with Crippen LogP contribution in [0.2, 0.25) is 0 Å². The molecule has 0 bridgehead atoms. The van der Waals surface area contributed by atoms with Gasteiger partial charge in [-0.1, -0.05) is 12.1 Å². The van der Waals surface area contributed by atoms with Crippen LogP contribution in [0.1, 0.15) is 21.5 Å². The largest absolute Gasteiger partial charge is 0.493 e. The molecule has 0 fully saturated rings. The molecular formula is C17H17FO3. The van der Waals surface area contributed by atoms with E-state index < -0.39 is 0 Å². The summed E-state index contributed by atoms with van der Waals surface area (Å²) in [4.78, 5) is 12.5. The summed E-state index contributed by atoms with van der Waals surface area (Å²) in [7, 11) is 3.02. The molecule has 0 aliphatic rings. The van der Waals surface area contributed by atoms with Crippen molar-refractivity contribution in [2.45, 2.75) is 13.3 Å². The molecule has 2 aromatic carbocycles. The highest BCUT2D eigenvalue weighted by molar-refractivity contribution is 6.00. The second kappa shape index (κ2) is 6.39. The van der Waals surface area contributed by atoms with Gasteiger partial charge in [0.05, 0.1) is 19.8 Å². The number of methoxy groups -OCH3 is 2. The van der Waals surface area contributed by atoms with Crippen LogP contribution in [0.5, 0.6) is 11.5 Å². The second-order valence-electron chi connectivity index (χ2n) is 4.71. The van der Waals surface area contributed by atoms with E-state index in [-0.39, 0.29) is 18.0 Å². The van der Waals surface area contributed by atoms with Crippen molar-refractivity contribution in [3.8, 4) is 11.5 Å². The fourth-order valence-electron chi connectivity index (χ4n) is 2.23. The molecule has 0 spiro atoms. The van der Waals surface area contributed by atoms with Gasteiger partial charge in [-0.15, -0.1) is 0 Å². The van der Waals surface area contributed by atoms with Crippen LogP contribution in [0.25, 0.3) is 0 Å². The summed E-state index contributed by atoms with van der Waals surface area (Å²) in [5, 5.41) is 0. The van der Waals surface area contributed by atoms with Crippen LogP contribution in [-0.4, -0.2) is 20.0 Å². The quantitative estimate of drug-likeness (QED) is 0.789. The van der Waals surface area contributed by atoms with Gasteiger partial charge < -0.3 is 9.47 Å². The summed E-state index contributed by atoms with van der Waals surface area (Å²) < 4.78 is 23.6. The zero-order valence-corrected chi connectivity index (χ0v) is 12.3. The molecular weight excluding hydrogens is 271 g/mol. The first kappa shape index (κ1) is 15.0. The number of hydrogen-bond donors (Lipinski definition) is 0. The fraction of sp³-hybridized carbons (Fsp3) is 0.235. The maximum atomic E-state index is 13.1. The highest BCUT2D eigenvalue weighted by Gasteiger charge is 2.17. The smallest absolute Gasteiger partial charge is 0.171 e. The average Bonchev–Trinajstić information content (AvgIpc) is 2.49. The van der Waals surface area contributed by atoms with Gasteiger partial charge in [0, 0.05) is 6.42 Å². The molecule has 3 nitrogen and oxygen atoms in total. The topological polar surface area (TPSA) is 35.5 Å². The number of rotatable bonds is 5. The Kier molecular flexibility index (Phi) is 4.58. The molecule has 0 N–H and O–H groups in total. The zero-order chi connectivity index (χ0) is 15.4. The van der Waals surface area contributed by atoms with Gasteiger partial charge in [-0.05, 0) is 42.3 Å². The number of ether oxygens (including phenoxy) is 2. The highest BCUT2D eigenvalue weighted by Crippen LogP contribution is 2.31. The average molecular weight is 288 g/mol. The Balaban J connectivity index is 2.32. The van der Waals surface area contributed by atoms with Crippen molar-refractivity contribution in [2.75, 3.05) is 14.2 Å². The minimum Gasteiger partial charge on any atom is -0.493 e. The van der Waals surface area contributed by atoms with E-state index in [0.29, 0.717) is 17.1 Å². The van der Waals surface area contributed by atoms with Crippen molar-refractivity contribution in [1.82, 2.24) is 0 Å². The van der Waals surface area contributed by atoms with Crippen molar-refractivity contribution >= 4 is 5.78 Å². The number of hydrogen-bond acceptors (Lipinski definition) is 3. The van der Waals surface area contributed by atoms with Crippen molar-refractivity contribution in [2.24, 2.45) is 0 Å². The van der Waals surface area contributed by atoms with Gasteiger partial charge in [-0.2, -0.15) is 0 Å². The van der Waals surface area contributed by atoms with E-state index in [2.05, 4.69) is 0 Å². The Bertz CT molecular complexity index is 665. The van der Waals surface area contributed by atoms with Gasteiger partial charge in [-0.3, -0.25) is 4.79 Å². The van der Waals surface area contributed by atoms with Crippen LogP contribution in [0.4, 0.5) is 4.39 Å². The number of carbonyl (C=O) groups excluding carboxylic acids is 1. The van der Waals surface area contributed by atoms with E-state index in [1.54, 1.807) is 31.2 Å². The minimum atomic E-state index is -0.303. The molecule has 4 heteroatoms. The first-order valence-electron chi connectivity index (χ1n) is 6.56. The zero-order valence-electron chi connectivity index (χ0n) is 12.3. The third kappa shape index (κ3) is 3.21. The predicted octanol–water partition coefficient (Wildman–Crippen LogP) is 3.58. The van der Waals surface area contributed by atoms with Crippen LogP contribution in [0.15, 0.2) is 36.4 Å². The lowest BCUT2D eigenvalue weighted by molar-refractivity contribution is 0.0989. The van der Waals surface area contributed by atoms with Gasteiger partial charge in [0.2, 0.25) is 0 Å². The first-order chi connectivity index (χ1) is 10.1. The van der Waals surface area contributed by atoms with Crippen molar-refractivity contribution < 1.29 is 18.7 Å². The molecule has 0 heterocycles. The Labute approximate surface area is 123 Å². The maximum absolute atomic E-state index is 13.1. The predicted molar refractivity (Wildman–Crippen MR) is 78.7 cm³/mol. The van der Waals surface area contributed by atoms with Gasteiger partial charge in [0.1, 0.15) is 5.82 Å². The lowest BCUT2D eigenvalue weighted by Gasteiger charge is -2.12. The molecule has 0 saturated carbocycles. The fourth-order valence-corrected chi connectivity index (χ4v) is 2.23. The van der Waals surface area contributed by atoms with Crippen molar-refractivity contribution in [3.63, 3.8) is 0 Å². The summed E-state index contributed by atoms with van der Waals surface area (Å²) in [5.41, 5.74) is 2.01. The molecule has 0 aliphatic carbocycles. The van der Waals surface area contributed by atoms with Gasteiger partial charge >= 0.3 is 0 Å². The Morgan fingerprint density at radius 2 is 1.90 bits per heavy atom. The van der Waals surface area contributed by atoms with Crippen LogP contribution in [0.3, 0.4) is 0 Å². The van der Waals surface area contributed by atoms with Gasteiger partial charge in [0.15, 0.2) is 17.3 Å². The number of aryl methyl sites for hydroxylation is 1. The number of carbonyl (C=O) groups is 1. The molecule has 0 aliphatic heterocycles. The molecule has 0 amide bonds. The van der Waals surface area contributed by atoms with Crippen molar-refractivity contribution in [3.05, 3.63) is 58.9 Å². The number of halogens is 1. The summed E-state index contributed by atoms with van der Waals surface area (Å²) >= 11 is 0. The summed E-state index contributed by atoms with van der Waals surface area (Å²) in [5.74, 6) is 0.534. The van der Waals surface area contributed by atoms with Crippen LogP contribution in [-0.2, 0) is 6.42 Å². The van der Waals surface area contributed by atoms with Gasteiger partial charge in [-0.25, -0.2) is 4.39 Å². The summed E-state index contributed by atoms with van der Waals surface area (Å²) in [6.45, 7) is 1.79. The number of para-hydroxylation sites is 1. The van der Waals surface area contributed by atoms with E-state index in [4.69, 9.17) is 9.47 Å². The lowest BCUT2D eigenvalue weighted by atomic mass is 9.98. The standard InChI is InChI=1S/C17H17FO3/c1-11-9-13(18)8-7-12(11)10-15(19)14-5-4-6-16(20-2)17(14)21-3/h4-9H,10H2,1-3H3. The SMILES string of the molecule is COc1cccc(C(=O)Cc2ccc(F)cc2C)c1OC. The van der Waals surface area contributed by atoms with Crippen LogP contribution >= 0.6 is 0 Å². The molecule has 0 aromatic heterocycles. The van der Waals surface area contributed by atoms with E-state index >= 15 is 0 Å². The monoisotopic (exact) mass is 288 g/mol. The Morgan fingerprint density at radius 3 is 2.52 bits per heavy atom. The summed E-state index contributed by atoms with van der Waals surface area (Å²) in [6.07, 6.45) is 0.190. The van der Waals surface area contributed by atoms with Gasteiger partial charge in [0.25, 0.3) is 0 Å². The Hall–Kier alpha value is -2.36.